The summed E-state index contributed by atoms with van der Waals surface area (Å²) >= 11 is 0. The second kappa shape index (κ2) is 4.11. The molecule has 0 amide bonds. The van der Waals surface area contributed by atoms with Crippen LogP contribution in [0.2, 0.25) is 0 Å². The van der Waals surface area contributed by atoms with E-state index in [4.69, 9.17) is 0 Å². The van der Waals surface area contributed by atoms with Gasteiger partial charge in [-0.15, -0.1) is 0 Å². The molecule has 0 radical (unpaired) electrons. The summed E-state index contributed by atoms with van der Waals surface area (Å²) in [6, 6.07) is 13.2. The minimum atomic E-state index is -0.446. The Morgan fingerprint density at radius 2 is 1.50 bits per heavy atom. The molecule has 4 rings (SSSR count). The predicted molar refractivity (Wildman–Crippen MR) is 81.7 cm³/mol. The van der Waals surface area contributed by atoms with Gasteiger partial charge in [-0.3, -0.25) is 20.2 Å². The van der Waals surface area contributed by atoms with Crippen LogP contribution in [0.3, 0.4) is 0 Å². The number of nitro groups is 2. The van der Waals surface area contributed by atoms with E-state index in [0.717, 1.165) is 11.1 Å². The van der Waals surface area contributed by atoms with Gasteiger partial charge in [0.15, 0.2) is 0 Å². The first-order valence-electron chi connectivity index (χ1n) is 6.57. The van der Waals surface area contributed by atoms with Crippen molar-refractivity contribution in [3.8, 4) is 22.3 Å². The first-order chi connectivity index (χ1) is 10.6. The van der Waals surface area contributed by atoms with Gasteiger partial charge >= 0.3 is 0 Å². The SMILES string of the molecule is O=[N+]([O-])c1cc2c3c(c([N+](=O)[O-])ccc3c1)-c1ccccc1-2. The van der Waals surface area contributed by atoms with Gasteiger partial charge in [-0.2, -0.15) is 0 Å². The van der Waals surface area contributed by atoms with E-state index in [1.807, 2.05) is 24.3 Å². The number of hydrogen-bond donors (Lipinski definition) is 0. The molecule has 0 aliphatic heterocycles. The Balaban J connectivity index is 2.23. The van der Waals surface area contributed by atoms with Crippen molar-refractivity contribution in [2.24, 2.45) is 0 Å². The third-order valence-corrected chi connectivity index (χ3v) is 3.97. The molecule has 0 heterocycles. The van der Waals surface area contributed by atoms with Gasteiger partial charge in [0, 0.05) is 23.6 Å². The lowest BCUT2D eigenvalue weighted by Crippen LogP contribution is -1.92. The predicted octanol–water partition coefficient (Wildman–Crippen LogP) is 4.30. The lowest BCUT2D eigenvalue weighted by atomic mass is 10.0. The fraction of sp³-hybridized carbons (Fsp3) is 0. The van der Waals surface area contributed by atoms with Crippen LogP contribution in [0.15, 0.2) is 48.5 Å². The Morgan fingerprint density at radius 1 is 0.773 bits per heavy atom. The van der Waals surface area contributed by atoms with Crippen LogP contribution in [-0.4, -0.2) is 9.85 Å². The van der Waals surface area contributed by atoms with E-state index < -0.39 is 9.85 Å². The minimum absolute atomic E-state index is 0.0148. The van der Waals surface area contributed by atoms with Gasteiger partial charge in [0.05, 0.1) is 15.4 Å². The Hall–Kier alpha value is -3.28. The van der Waals surface area contributed by atoms with Crippen molar-refractivity contribution >= 4 is 22.1 Å². The molecule has 0 saturated carbocycles. The average molecular weight is 292 g/mol. The molecule has 0 aromatic heterocycles. The molecule has 3 aromatic carbocycles. The number of nitro benzene ring substituents is 2. The average Bonchev–Trinajstić information content (AvgIpc) is 2.84. The normalized spacial score (nSPS) is 11.5. The topological polar surface area (TPSA) is 86.3 Å². The molecule has 0 bridgehead atoms. The van der Waals surface area contributed by atoms with E-state index in [1.54, 1.807) is 6.07 Å². The number of rotatable bonds is 2. The highest BCUT2D eigenvalue weighted by Gasteiger charge is 2.30. The highest BCUT2D eigenvalue weighted by atomic mass is 16.6. The molecular weight excluding hydrogens is 284 g/mol. The van der Waals surface area contributed by atoms with Crippen molar-refractivity contribution in [1.82, 2.24) is 0 Å². The number of fused-ring (bicyclic) bond motifs is 3. The van der Waals surface area contributed by atoms with Gasteiger partial charge in [0.25, 0.3) is 11.4 Å². The summed E-state index contributed by atoms with van der Waals surface area (Å²) in [5.41, 5.74) is 2.77. The maximum Gasteiger partial charge on any atom is 0.277 e. The van der Waals surface area contributed by atoms with Gasteiger partial charge in [-0.25, -0.2) is 0 Å². The van der Waals surface area contributed by atoms with Crippen LogP contribution in [0.25, 0.3) is 33.0 Å². The summed E-state index contributed by atoms with van der Waals surface area (Å²) in [4.78, 5) is 21.6. The molecule has 0 fully saturated rings. The van der Waals surface area contributed by atoms with Crippen LogP contribution in [0.5, 0.6) is 0 Å². The number of hydrogen-bond acceptors (Lipinski definition) is 4. The smallest absolute Gasteiger partial charge is 0.258 e. The molecule has 0 saturated heterocycles. The molecule has 0 N–H and O–H groups in total. The Bertz CT molecular complexity index is 995. The van der Waals surface area contributed by atoms with Gasteiger partial charge < -0.3 is 0 Å². The van der Waals surface area contributed by atoms with Gasteiger partial charge in [-0.05, 0) is 28.1 Å². The van der Waals surface area contributed by atoms with Crippen LogP contribution < -0.4 is 0 Å². The summed E-state index contributed by atoms with van der Waals surface area (Å²) < 4.78 is 0. The Kier molecular flexibility index (Phi) is 2.33. The van der Waals surface area contributed by atoms with Crippen molar-refractivity contribution in [2.75, 3.05) is 0 Å². The Morgan fingerprint density at radius 3 is 2.18 bits per heavy atom. The maximum absolute atomic E-state index is 11.3. The quantitative estimate of drug-likeness (QED) is 0.407. The highest BCUT2D eigenvalue weighted by Crippen LogP contribution is 2.51. The number of nitrogens with zero attached hydrogens (tertiary/aromatic N) is 2. The molecule has 3 aromatic rings. The summed E-state index contributed by atoms with van der Waals surface area (Å²) in [5, 5.41) is 23.8. The minimum Gasteiger partial charge on any atom is -0.258 e. The van der Waals surface area contributed by atoms with Crippen molar-refractivity contribution in [3.63, 3.8) is 0 Å². The molecule has 0 unspecified atom stereocenters. The maximum atomic E-state index is 11.3. The van der Waals surface area contributed by atoms with Gasteiger partial charge in [0.1, 0.15) is 0 Å². The standard InChI is InChI=1S/C16H8N2O4/c19-17(20)10-7-9-5-6-14(18(21)22)16-12-4-2-1-3-11(12)13(8-10)15(9)16/h1-8H. The van der Waals surface area contributed by atoms with Crippen LogP contribution in [-0.2, 0) is 0 Å². The largest absolute Gasteiger partial charge is 0.277 e. The van der Waals surface area contributed by atoms with Crippen LogP contribution >= 0.6 is 0 Å². The van der Waals surface area contributed by atoms with Crippen molar-refractivity contribution in [2.45, 2.75) is 0 Å². The molecule has 0 spiro atoms. The molecule has 106 valence electrons. The van der Waals surface area contributed by atoms with Gasteiger partial charge in [0.2, 0.25) is 0 Å². The Labute approximate surface area is 123 Å². The molecule has 0 atom stereocenters. The van der Waals surface area contributed by atoms with E-state index in [2.05, 4.69) is 0 Å². The number of non-ortho nitro benzene ring substituents is 1. The highest BCUT2D eigenvalue weighted by molar-refractivity contribution is 6.18. The molecule has 1 aliphatic rings. The van der Waals surface area contributed by atoms with E-state index in [-0.39, 0.29) is 11.4 Å². The molecular formula is C16H8N2O4. The van der Waals surface area contributed by atoms with Crippen LogP contribution in [0, 0.1) is 20.2 Å². The summed E-state index contributed by atoms with van der Waals surface area (Å²) in [5.74, 6) is 0. The van der Waals surface area contributed by atoms with Crippen LogP contribution in [0.1, 0.15) is 0 Å². The molecule has 22 heavy (non-hydrogen) atoms. The third kappa shape index (κ3) is 1.49. The van der Waals surface area contributed by atoms with E-state index >= 15 is 0 Å². The third-order valence-electron chi connectivity index (χ3n) is 3.97. The lowest BCUT2D eigenvalue weighted by Gasteiger charge is -2.03. The van der Waals surface area contributed by atoms with Crippen LogP contribution in [0.4, 0.5) is 11.4 Å². The zero-order valence-electron chi connectivity index (χ0n) is 11.1. The zero-order valence-corrected chi connectivity index (χ0v) is 11.1. The molecule has 6 heteroatoms. The molecule has 1 aliphatic carbocycles. The van der Waals surface area contributed by atoms with E-state index in [1.165, 1.54) is 18.2 Å². The second-order valence-corrected chi connectivity index (χ2v) is 5.11. The fourth-order valence-corrected chi connectivity index (χ4v) is 3.12. The van der Waals surface area contributed by atoms with E-state index in [9.17, 15) is 20.2 Å². The fourth-order valence-electron chi connectivity index (χ4n) is 3.12. The first-order valence-corrected chi connectivity index (χ1v) is 6.57. The monoisotopic (exact) mass is 292 g/mol. The van der Waals surface area contributed by atoms with Crippen molar-refractivity contribution < 1.29 is 9.85 Å². The number of benzene rings is 3. The van der Waals surface area contributed by atoms with Crippen molar-refractivity contribution in [1.29, 1.82) is 0 Å². The van der Waals surface area contributed by atoms with Gasteiger partial charge in [-0.1, -0.05) is 24.3 Å². The zero-order chi connectivity index (χ0) is 15.4. The summed E-state index contributed by atoms with van der Waals surface area (Å²) in [6.07, 6.45) is 0. The summed E-state index contributed by atoms with van der Waals surface area (Å²) in [6.45, 7) is 0. The first kappa shape index (κ1) is 12.5. The summed E-state index contributed by atoms with van der Waals surface area (Å²) in [7, 11) is 0. The second-order valence-electron chi connectivity index (χ2n) is 5.11. The van der Waals surface area contributed by atoms with E-state index in [0.29, 0.717) is 21.9 Å². The van der Waals surface area contributed by atoms with Crippen molar-refractivity contribution in [3.05, 3.63) is 68.8 Å². The molecule has 6 nitrogen and oxygen atoms in total. The lowest BCUT2D eigenvalue weighted by molar-refractivity contribution is -0.384.